The normalized spacial score (nSPS) is 15.7. The molecule has 0 radical (unpaired) electrons. The third-order valence-corrected chi connectivity index (χ3v) is 4.21. The molecule has 23 heavy (non-hydrogen) atoms. The van der Waals surface area contributed by atoms with Crippen LogP contribution in [0.5, 0.6) is 0 Å². The molecule has 3 rings (SSSR count). The Hall–Kier alpha value is -2.57. The van der Waals surface area contributed by atoms with Crippen LogP contribution in [0.2, 0.25) is 0 Å². The van der Waals surface area contributed by atoms with Gasteiger partial charge in [-0.15, -0.1) is 0 Å². The lowest BCUT2D eigenvalue weighted by molar-refractivity contribution is 0.0929. The maximum atomic E-state index is 12.3. The van der Waals surface area contributed by atoms with Crippen molar-refractivity contribution in [3.8, 4) is 0 Å². The zero-order valence-electron chi connectivity index (χ0n) is 13.4. The number of aromatic nitrogens is 3. The quantitative estimate of drug-likeness (QED) is 0.878. The molecule has 1 amide bonds. The molecule has 0 saturated carbocycles. The number of H-pyrrole nitrogens is 1. The number of amides is 1. The van der Waals surface area contributed by atoms with Crippen molar-refractivity contribution in [3.63, 3.8) is 0 Å². The lowest BCUT2D eigenvalue weighted by atomic mass is 10.0. The third kappa shape index (κ3) is 3.28. The van der Waals surface area contributed by atoms with E-state index in [1.807, 2.05) is 13.0 Å². The average Bonchev–Trinajstić information content (AvgIpc) is 2.97. The van der Waals surface area contributed by atoms with Crippen LogP contribution in [0, 0.1) is 6.92 Å². The van der Waals surface area contributed by atoms with Crippen molar-refractivity contribution in [2.24, 2.45) is 7.05 Å². The minimum Gasteiger partial charge on any atom is -0.355 e. The van der Waals surface area contributed by atoms with E-state index in [0.717, 1.165) is 37.4 Å². The fourth-order valence-electron chi connectivity index (χ4n) is 2.85. The maximum Gasteiger partial charge on any atom is 0.263 e. The Morgan fingerprint density at radius 2 is 2.13 bits per heavy atom. The maximum absolute atomic E-state index is 12.3. The fourth-order valence-corrected chi connectivity index (χ4v) is 2.85. The standard InChI is InChI=1S/C16H21N5O2/c1-11-10-14(19-18-11)21-8-5-12(6-9-21)17-15(22)13-4-3-7-20(2)16(13)23/h3-4,7,10,12H,5-6,8-9H2,1-2H3,(H,17,22)(H,18,19). The molecule has 0 aromatic carbocycles. The van der Waals surface area contributed by atoms with E-state index >= 15 is 0 Å². The molecule has 2 aromatic rings. The third-order valence-electron chi connectivity index (χ3n) is 4.21. The molecule has 1 fully saturated rings. The number of carbonyl (C=O) groups excluding carboxylic acids is 1. The monoisotopic (exact) mass is 315 g/mol. The van der Waals surface area contributed by atoms with Crippen molar-refractivity contribution in [3.05, 3.63) is 46.0 Å². The van der Waals surface area contributed by atoms with Crippen LogP contribution in [-0.4, -0.2) is 39.8 Å². The average molecular weight is 315 g/mol. The van der Waals surface area contributed by atoms with Crippen LogP contribution in [0.3, 0.4) is 0 Å². The fraction of sp³-hybridized carbons (Fsp3) is 0.438. The van der Waals surface area contributed by atoms with Crippen LogP contribution in [0.1, 0.15) is 28.9 Å². The van der Waals surface area contributed by atoms with Crippen LogP contribution in [0.4, 0.5) is 5.82 Å². The molecule has 7 heteroatoms. The molecule has 0 bridgehead atoms. The van der Waals surface area contributed by atoms with E-state index in [1.54, 1.807) is 25.4 Å². The Bertz CT molecular complexity index is 756. The second-order valence-electron chi connectivity index (χ2n) is 5.98. The van der Waals surface area contributed by atoms with Gasteiger partial charge < -0.3 is 14.8 Å². The van der Waals surface area contributed by atoms with Gasteiger partial charge in [0.2, 0.25) is 0 Å². The lowest BCUT2D eigenvalue weighted by Gasteiger charge is -2.32. The number of aryl methyl sites for hydroxylation is 2. The van der Waals surface area contributed by atoms with E-state index in [4.69, 9.17) is 0 Å². The first-order valence-corrected chi connectivity index (χ1v) is 7.78. The van der Waals surface area contributed by atoms with Crippen molar-refractivity contribution in [2.45, 2.75) is 25.8 Å². The highest BCUT2D eigenvalue weighted by Crippen LogP contribution is 2.18. The molecule has 3 heterocycles. The van der Waals surface area contributed by atoms with Gasteiger partial charge in [0, 0.05) is 44.1 Å². The molecule has 1 aliphatic heterocycles. The van der Waals surface area contributed by atoms with Gasteiger partial charge in [-0.25, -0.2) is 0 Å². The van der Waals surface area contributed by atoms with Gasteiger partial charge in [0.25, 0.3) is 11.5 Å². The molecule has 2 aromatic heterocycles. The number of anilines is 1. The van der Waals surface area contributed by atoms with Crippen LogP contribution < -0.4 is 15.8 Å². The Kier molecular flexibility index (Phi) is 4.18. The summed E-state index contributed by atoms with van der Waals surface area (Å²) in [4.78, 5) is 26.5. The smallest absolute Gasteiger partial charge is 0.263 e. The minimum atomic E-state index is -0.291. The highest BCUT2D eigenvalue weighted by molar-refractivity contribution is 5.94. The molecule has 1 saturated heterocycles. The summed E-state index contributed by atoms with van der Waals surface area (Å²) in [5.74, 6) is 0.657. The number of piperidine rings is 1. The Labute approximate surface area is 134 Å². The molecule has 2 N–H and O–H groups in total. The predicted octanol–water partition coefficient (Wildman–Crippen LogP) is 0.816. The zero-order valence-corrected chi connectivity index (χ0v) is 13.4. The number of carbonyl (C=O) groups is 1. The summed E-state index contributed by atoms with van der Waals surface area (Å²) in [5, 5.41) is 10.2. The van der Waals surface area contributed by atoms with Gasteiger partial charge in [-0.2, -0.15) is 5.10 Å². The molecule has 1 aliphatic rings. The number of rotatable bonds is 3. The first kappa shape index (κ1) is 15.3. The van der Waals surface area contributed by atoms with Gasteiger partial charge in [0.05, 0.1) is 0 Å². The number of pyridine rings is 1. The van der Waals surface area contributed by atoms with Crippen LogP contribution in [0.15, 0.2) is 29.2 Å². The molecule has 122 valence electrons. The van der Waals surface area contributed by atoms with E-state index < -0.39 is 0 Å². The van der Waals surface area contributed by atoms with Crippen molar-refractivity contribution in [2.75, 3.05) is 18.0 Å². The second-order valence-corrected chi connectivity index (χ2v) is 5.98. The number of aromatic amines is 1. The molecule has 7 nitrogen and oxygen atoms in total. The van der Waals surface area contributed by atoms with Crippen molar-refractivity contribution in [1.82, 2.24) is 20.1 Å². The Morgan fingerprint density at radius 1 is 1.39 bits per heavy atom. The lowest BCUT2D eigenvalue weighted by Crippen LogP contribution is -2.46. The molecular formula is C16H21N5O2. The van der Waals surface area contributed by atoms with Gasteiger partial charge in [0.15, 0.2) is 5.82 Å². The predicted molar refractivity (Wildman–Crippen MR) is 87.7 cm³/mol. The highest BCUT2D eigenvalue weighted by Gasteiger charge is 2.23. The molecule has 0 spiro atoms. The van der Waals surface area contributed by atoms with Crippen molar-refractivity contribution in [1.29, 1.82) is 0 Å². The first-order valence-electron chi connectivity index (χ1n) is 7.78. The minimum absolute atomic E-state index is 0.0868. The topological polar surface area (TPSA) is 83.0 Å². The summed E-state index contributed by atoms with van der Waals surface area (Å²) < 4.78 is 1.41. The summed E-state index contributed by atoms with van der Waals surface area (Å²) >= 11 is 0. The van der Waals surface area contributed by atoms with Gasteiger partial charge in [-0.05, 0) is 31.9 Å². The van der Waals surface area contributed by atoms with E-state index in [1.165, 1.54) is 4.57 Å². The molecule has 0 aliphatic carbocycles. The van der Waals surface area contributed by atoms with E-state index in [-0.39, 0.29) is 23.1 Å². The summed E-state index contributed by atoms with van der Waals surface area (Å²) in [6, 6.07) is 5.38. The SMILES string of the molecule is Cc1cc(N2CCC(NC(=O)c3cccn(C)c3=O)CC2)n[nH]1. The summed E-state index contributed by atoms with van der Waals surface area (Å²) in [5.41, 5.74) is 0.963. The van der Waals surface area contributed by atoms with Crippen LogP contribution in [0.25, 0.3) is 0 Å². The van der Waals surface area contributed by atoms with Gasteiger partial charge in [-0.3, -0.25) is 14.7 Å². The Balaban J connectivity index is 1.59. The largest absolute Gasteiger partial charge is 0.355 e. The number of nitrogens with zero attached hydrogens (tertiary/aromatic N) is 3. The number of nitrogens with one attached hydrogen (secondary N) is 2. The summed E-state index contributed by atoms with van der Waals surface area (Å²) in [6.45, 7) is 3.65. The van der Waals surface area contributed by atoms with Gasteiger partial charge in [-0.1, -0.05) is 0 Å². The van der Waals surface area contributed by atoms with Gasteiger partial charge in [0.1, 0.15) is 5.56 Å². The van der Waals surface area contributed by atoms with Crippen LogP contribution >= 0.6 is 0 Å². The molecule has 0 atom stereocenters. The first-order chi connectivity index (χ1) is 11.0. The number of hydrogen-bond acceptors (Lipinski definition) is 4. The van der Waals surface area contributed by atoms with E-state index in [0.29, 0.717) is 0 Å². The molecular weight excluding hydrogens is 294 g/mol. The Morgan fingerprint density at radius 3 is 2.78 bits per heavy atom. The van der Waals surface area contributed by atoms with Crippen molar-refractivity contribution >= 4 is 11.7 Å². The van der Waals surface area contributed by atoms with Crippen LogP contribution in [-0.2, 0) is 7.05 Å². The van der Waals surface area contributed by atoms with E-state index in [2.05, 4.69) is 20.4 Å². The number of hydrogen-bond donors (Lipinski definition) is 2. The molecule has 0 unspecified atom stereocenters. The zero-order chi connectivity index (χ0) is 16.4. The second kappa shape index (κ2) is 6.28. The van der Waals surface area contributed by atoms with Crippen molar-refractivity contribution < 1.29 is 4.79 Å². The van der Waals surface area contributed by atoms with Gasteiger partial charge >= 0.3 is 0 Å². The van der Waals surface area contributed by atoms with E-state index in [9.17, 15) is 9.59 Å². The highest BCUT2D eigenvalue weighted by atomic mass is 16.2. The summed E-state index contributed by atoms with van der Waals surface area (Å²) in [6.07, 6.45) is 3.32. The summed E-state index contributed by atoms with van der Waals surface area (Å²) in [7, 11) is 1.64.